The number of hydrogen-bond donors (Lipinski definition) is 2. The van der Waals surface area contributed by atoms with E-state index in [1.807, 2.05) is 29.6 Å². The van der Waals surface area contributed by atoms with E-state index >= 15 is 0 Å². The summed E-state index contributed by atoms with van der Waals surface area (Å²) in [6.07, 6.45) is 2.50. The lowest BCUT2D eigenvalue weighted by molar-refractivity contribution is -0.115. The smallest absolute Gasteiger partial charge is 0.240 e. The Balaban J connectivity index is 1.37. The fraction of sp³-hybridized carbons (Fsp3) is 0.238. The van der Waals surface area contributed by atoms with Crippen LogP contribution in [0.25, 0.3) is 0 Å². The lowest BCUT2D eigenvalue weighted by atomic mass is 10.2. The third-order valence-corrected chi connectivity index (χ3v) is 7.16. The number of nitrogens with zero attached hydrogens (tertiary/aromatic N) is 1. The molecular formula is C21H20ClN3O3S2. The van der Waals surface area contributed by atoms with E-state index in [2.05, 4.69) is 15.0 Å². The van der Waals surface area contributed by atoms with Crippen molar-refractivity contribution in [2.75, 3.05) is 5.32 Å². The molecule has 30 heavy (non-hydrogen) atoms. The molecule has 1 amide bonds. The van der Waals surface area contributed by atoms with E-state index in [9.17, 15) is 13.2 Å². The first-order valence-corrected chi connectivity index (χ1v) is 12.2. The van der Waals surface area contributed by atoms with Crippen LogP contribution >= 0.6 is 22.9 Å². The molecule has 0 bridgehead atoms. The lowest BCUT2D eigenvalue weighted by Crippen LogP contribution is -2.25. The molecule has 4 rings (SSSR count). The number of carbonyl (C=O) groups excluding carboxylic acids is 1. The lowest BCUT2D eigenvalue weighted by Gasteiger charge is -2.08. The molecule has 0 unspecified atom stereocenters. The summed E-state index contributed by atoms with van der Waals surface area (Å²) < 4.78 is 27.3. The van der Waals surface area contributed by atoms with E-state index in [0.717, 1.165) is 23.4 Å². The molecule has 156 valence electrons. The van der Waals surface area contributed by atoms with Gasteiger partial charge in [-0.15, -0.1) is 11.3 Å². The van der Waals surface area contributed by atoms with Gasteiger partial charge in [0, 0.05) is 28.6 Å². The third kappa shape index (κ3) is 5.66. The number of thiazole rings is 1. The summed E-state index contributed by atoms with van der Waals surface area (Å²) in [6.45, 7) is 0. The van der Waals surface area contributed by atoms with Gasteiger partial charge in [-0.2, -0.15) is 0 Å². The van der Waals surface area contributed by atoms with Crippen LogP contribution in [0.15, 0.2) is 58.8 Å². The van der Waals surface area contributed by atoms with Crippen molar-refractivity contribution >= 4 is 44.6 Å². The number of sulfonamides is 1. The van der Waals surface area contributed by atoms with E-state index in [1.54, 1.807) is 12.1 Å². The molecule has 1 heterocycles. The zero-order chi connectivity index (χ0) is 21.1. The van der Waals surface area contributed by atoms with Gasteiger partial charge in [-0.3, -0.25) is 4.79 Å². The highest BCUT2D eigenvalue weighted by molar-refractivity contribution is 7.89. The number of amides is 1. The molecule has 1 fully saturated rings. The summed E-state index contributed by atoms with van der Waals surface area (Å²) in [4.78, 5) is 17.1. The summed E-state index contributed by atoms with van der Waals surface area (Å²) in [5.74, 6) is -0.251. The molecule has 1 aliphatic carbocycles. The molecule has 0 aliphatic heterocycles. The fourth-order valence-electron chi connectivity index (χ4n) is 2.93. The first kappa shape index (κ1) is 21.0. The Morgan fingerprint density at radius 2 is 1.97 bits per heavy atom. The molecule has 1 aromatic heterocycles. The minimum absolute atomic E-state index is 0.0269. The van der Waals surface area contributed by atoms with Gasteiger partial charge in [-0.05, 0) is 48.7 Å². The van der Waals surface area contributed by atoms with Crippen molar-refractivity contribution < 1.29 is 13.2 Å². The molecule has 0 saturated heterocycles. The fourth-order valence-corrected chi connectivity index (χ4v) is 5.32. The molecule has 0 spiro atoms. The van der Waals surface area contributed by atoms with Crippen molar-refractivity contribution in [3.05, 3.63) is 75.2 Å². The number of carbonyl (C=O) groups is 1. The van der Waals surface area contributed by atoms with Gasteiger partial charge in [-0.25, -0.2) is 18.1 Å². The van der Waals surface area contributed by atoms with Gasteiger partial charge in [0.05, 0.1) is 22.0 Å². The Kier molecular flexibility index (Phi) is 6.19. The Hall–Kier alpha value is -2.26. The van der Waals surface area contributed by atoms with E-state index < -0.39 is 10.0 Å². The number of aromatic nitrogens is 1. The van der Waals surface area contributed by atoms with Crippen LogP contribution in [0.4, 0.5) is 5.69 Å². The average Bonchev–Trinajstić information content (AvgIpc) is 3.39. The highest BCUT2D eigenvalue weighted by Gasteiger charge is 2.28. The molecule has 2 aromatic carbocycles. The number of benzene rings is 2. The Labute approximate surface area is 184 Å². The maximum Gasteiger partial charge on any atom is 0.240 e. The molecular weight excluding hydrogens is 442 g/mol. The number of halogens is 1. The zero-order valence-corrected chi connectivity index (χ0v) is 18.4. The van der Waals surface area contributed by atoms with Crippen LogP contribution in [0.1, 0.15) is 29.1 Å². The second kappa shape index (κ2) is 8.85. The minimum Gasteiger partial charge on any atom is -0.326 e. The van der Waals surface area contributed by atoms with Gasteiger partial charge in [0.25, 0.3) is 0 Å². The van der Waals surface area contributed by atoms with Crippen LogP contribution in [0.2, 0.25) is 5.02 Å². The molecule has 1 saturated carbocycles. The maximum atomic E-state index is 12.4. The monoisotopic (exact) mass is 461 g/mol. The third-order valence-electron chi connectivity index (χ3n) is 4.51. The highest BCUT2D eigenvalue weighted by atomic mass is 35.5. The SMILES string of the molecule is O=C(Cc1csc(Cc2cccc(Cl)c2)n1)Nc1cccc(S(=O)(=O)NC2CC2)c1. The molecule has 9 heteroatoms. The van der Waals surface area contributed by atoms with Gasteiger partial charge in [0.15, 0.2) is 0 Å². The van der Waals surface area contributed by atoms with Crippen LogP contribution in [0.5, 0.6) is 0 Å². The summed E-state index contributed by atoms with van der Waals surface area (Å²) in [5.41, 5.74) is 2.17. The normalized spacial score (nSPS) is 13.9. The van der Waals surface area contributed by atoms with Crippen molar-refractivity contribution in [1.82, 2.24) is 9.71 Å². The molecule has 1 aliphatic rings. The van der Waals surface area contributed by atoms with E-state index in [0.29, 0.717) is 22.8 Å². The molecule has 3 aromatic rings. The predicted octanol–water partition coefficient (Wildman–Crippen LogP) is 4.01. The second-order valence-corrected chi connectivity index (χ2v) is 10.3. The van der Waals surface area contributed by atoms with Crippen LogP contribution < -0.4 is 10.0 Å². The Morgan fingerprint density at radius 3 is 2.73 bits per heavy atom. The van der Waals surface area contributed by atoms with Crippen molar-refractivity contribution in [2.45, 2.75) is 36.6 Å². The number of hydrogen-bond acceptors (Lipinski definition) is 5. The van der Waals surface area contributed by atoms with Crippen LogP contribution in [-0.2, 0) is 27.7 Å². The van der Waals surface area contributed by atoms with Crippen molar-refractivity contribution in [3.63, 3.8) is 0 Å². The van der Waals surface area contributed by atoms with Crippen LogP contribution in [0.3, 0.4) is 0 Å². The molecule has 0 radical (unpaired) electrons. The predicted molar refractivity (Wildman–Crippen MR) is 118 cm³/mol. The first-order chi connectivity index (χ1) is 14.4. The number of rotatable bonds is 8. The summed E-state index contributed by atoms with van der Waals surface area (Å²) in [6, 6.07) is 13.9. The van der Waals surface area contributed by atoms with E-state index in [-0.39, 0.29) is 23.3 Å². The number of nitrogens with one attached hydrogen (secondary N) is 2. The first-order valence-electron chi connectivity index (χ1n) is 9.47. The van der Waals surface area contributed by atoms with Crippen LogP contribution in [0, 0.1) is 0 Å². The average molecular weight is 462 g/mol. The number of anilines is 1. The quantitative estimate of drug-likeness (QED) is 0.530. The van der Waals surface area contributed by atoms with E-state index in [1.165, 1.54) is 23.5 Å². The highest BCUT2D eigenvalue weighted by Crippen LogP contribution is 2.23. The Morgan fingerprint density at radius 1 is 1.17 bits per heavy atom. The van der Waals surface area contributed by atoms with Gasteiger partial charge < -0.3 is 5.32 Å². The second-order valence-electron chi connectivity index (χ2n) is 7.19. The largest absolute Gasteiger partial charge is 0.326 e. The van der Waals surface area contributed by atoms with Crippen molar-refractivity contribution in [2.24, 2.45) is 0 Å². The maximum absolute atomic E-state index is 12.4. The Bertz CT molecular complexity index is 1170. The summed E-state index contributed by atoms with van der Waals surface area (Å²) in [5, 5.41) is 6.20. The van der Waals surface area contributed by atoms with Gasteiger partial charge in [0.2, 0.25) is 15.9 Å². The molecule has 6 nitrogen and oxygen atoms in total. The minimum atomic E-state index is -3.57. The van der Waals surface area contributed by atoms with Gasteiger partial charge in [0.1, 0.15) is 0 Å². The standard InChI is InChI=1S/C21H20ClN3O3S2/c22-15-4-1-3-14(9-15)10-21-24-18(13-29-21)12-20(26)23-17-5-2-6-19(11-17)30(27,28)25-16-7-8-16/h1-6,9,11,13,16,25H,7-8,10,12H2,(H,23,26). The topological polar surface area (TPSA) is 88.2 Å². The summed E-state index contributed by atoms with van der Waals surface area (Å²) >= 11 is 7.51. The molecule has 2 N–H and O–H groups in total. The molecule has 0 atom stereocenters. The van der Waals surface area contributed by atoms with Gasteiger partial charge >= 0.3 is 0 Å². The van der Waals surface area contributed by atoms with Crippen molar-refractivity contribution in [3.8, 4) is 0 Å². The zero-order valence-electron chi connectivity index (χ0n) is 16.0. The summed E-state index contributed by atoms with van der Waals surface area (Å²) in [7, 11) is -3.57. The van der Waals surface area contributed by atoms with E-state index in [4.69, 9.17) is 11.6 Å². The van der Waals surface area contributed by atoms with Gasteiger partial charge in [-0.1, -0.05) is 29.8 Å². The van der Waals surface area contributed by atoms with Crippen LogP contribution in [-0.4, -0.2) is 25.4 Å². The van der Waals surface area contributed by atoms with Crippen molar-refractivity contribution in [1.29, 1.82) is 0 Å².